The van der Waals surface area contributed by atoms with Crippen LogP contribution in [0.3, 0.4) is 0 Å². The summed E-state index contributed by atoms with van der Waals surface area (Å²) in [5.41, 5.74) is 0. The van der Waals surface area contributed by atoms with Crippen molar-refractivity contribution in [3.63, 3.8) is 0 Å². The molecule has 1 fully saturated rings. The molecule has 0 spiro atoms. The summed E-state index contributed by atoms with van der Waals surface area (Å²) in [5, 5.41) is 13.9. The summed E-state index contributed by atoms with van der Waals surface area (Å²) < 4.78 is 0. The molecule has 1 aliphatic heterocycles. The van der Waals surface area contributed by atoms with E-state index in [1.165, 1.54) is 0 Å². The summed E-state index contributed by atoms with van der Waals surface area (Å²) in [7, 11) is 0. The van der Waals surface area contributed by atoms with Gasteiger partial charge < -0.3 is 15.7 Å². The lowest BCUT2D eigenvalue weighted by Crippen LogP contribution is -2.48. The van der Waals surface area contributed by atoms with Gasteiger partial charge >= 0.3 is 5.97 Å². The Bertz CT molecular complexity index is 354. The normalized spacial score (nSPS) is 20.0. The predicted molar refractivity (Wildman–Crippen MR) is 64.8 cm³/mol. The van der Waals surface area contributed by atoms with E-state index in [1.54, 1.807) is 6.08 Å². The Morgan fingerprint density at radius 1 is 1.61 bits per heavy atom. The summed E-state index contributed by atoms with van der Waals surface area (Å²) in [4.78, 5) is 33.7. The molecule has 0 radical (unpaired) electrons. The van der Waals surface area contributed by atoms with E-state index >= 15 is 0 Å². The van der Waals surface area contributed by atoms with Crippen LogP contribution in [0.5, 0.6) is 0 Å². The SMILES string of the molecule is C=CCCC[C@H](NC(=O)[C@H]1CCC(=O)N1)C(=O)O. The average molecular weight is 254 g/mol. The van der Waals surface area contributed by atoms with Crippen LogP contribution in [0.15, 0.2) is 12.7 Å². The molecule has 6 heteroatoms. The molecule has 0 unspecified atom stereocenters. The largest absolute Gasteiger partial charge is 0.480 e. The maximum Gasteiger partial charge on any atom is 0.326 e. The molecular formula is C12H18N2O4. The van der Waals surface area contributed by atoms with Gasteiger partial charge in [-0.3, -0.25) is 9.59 Å². The van der Waals surface area contributed by atoms with E-state index in [9.17, 15) is 14.4 Å². The highest BCUT2D eigenvalue weighted by Gasteiger charge is 2.29. The Hall–Kier alpha value is -1.85. The zero-order valence-corrected chi connectivity index (χ0v) is 10.1. The van der Waals surface area contributed by atoms with Crippen LogP contribution in [0, 0.1) is 0 Å². The first-order valence-corrected chi connectivity index (χ1v) is 5.98. The van der Waals surface area contributed by atoms with Gasteiger partial charge in [0.25, 0.3) is 0 Å². The number of carboxylic acids is 1. The van der Waals surface area contributed by atoms with Gasteiger partial charge in [-0.1, -0.05) is 6.08 Å². The molecule has 0 aromatic rings. The van der Waals surface area contributed by atoms with Crippen molar-refractivity contribution in [2.24, 2.45) is 0 Å². The lowest BCUT2D eigenvalue weighted by molar-refractivity contribution is -0.142. The number of aliphatic carboxylic acids is 1. The number of allylic oxidation sites excluding steroid dienone is 1. The van der Waals surface area contributed by atoms with Crippen molar-refractivity contribution in [1.82, 2.24) is 10.6 Å². The van der Waals surface area contributed by atoms with Crippen LogP contribution in [0.25, 0.3) is 0 Å². The van der Waals surface area contributed by atoms with Crippen LogP contribution in [0.4, 0.5) is 0 Å². The molecule has 0 aromatic carbocycles. The molecule has 2 amide bonds. The van der Waals surface area contributed by atoms with Crippen LogP contribution < -0.4 is 10.6 Å². The Balaban J connectivity index is 2.44. The van der Waals surface area contributed by atoms with Gasteiger partial charge in [0, 0.05) is 6.42 Å². The molecular weight excluding hydrogens is 236 g/mol. The van der Waals surface area contributed by atoms with Gasteiger partial charge in [-0.05, 0) is 25.7 Å². The summed E-state index contributed by atoms with van der Waals surface area (Å²) in [6.45, 7) is 3.55. The quantitative estimate of drug-likeness (QED) is 0.446. The minimum absolute atomic E-state index is 0.173. The van der Waals surface area contributed by atoms with Crippen molar-refractivity contribution >= 4 is 17.8 Å². The third-order valence-corrected chi connectivity index (χ3v) is 2.83. The van der Waals surface area contributed by atoms with E-state index < -0.39 is 24.0 Å². The molecule has 1 rings (SSSR count). The van der Waals surface area contributed by atoms with Gasteiger partial charge in [0.05, 0.1) is 0 Å². The highest BCUT2D eigenvalue weighted by Crippen LogP contribution is 2.08. The van der Waals surface area contributed by atoms with Crippen molar-refractivity contribution in [1.29, 1.82) is 0 Å². The molecule has 1 saturated heterocycles. The molecule has 3 N–H and O–H groups in total. The zero-order chi connectivity index (χ0) is 13.5. The lowest BCUT2D eigenvalue weighted by atomic mass is 10.1. The number of carbonyl (C=O) groups is 3. The van der Waals surface area contributed by atoms with E-state index in [2.05, 4.69) is 17.2 Å². The number of unbranched alkanes of at least 4 members (excludes halogenated alkanes) is 1. The zero-order valence-electron chi connectivity index (χ0n) is 10.1. The van der Waals surface area contributed by atoms with Crippen LogP contribution in [0.1, 0.15) is 32.1 Å². The number of rotatable bonds is 7. The Morgan fingerprint density at radius 3 is 2.83 bits per heavy atom. The molecule has 0 aliphatic carbocycles. The first-order chi connectivity index (χ1) is 8.54. The molecule has 1 aliphatic rings. The fourth-order valence-electron chi connectivity index (χ4n) is 1.81. The van der Waals surface area contributed by atoms with E-state index in [4.69, 9.17) is 5.11 Å². The summed E-state index contributed by atoms with van der Waals surface area (Å²) in [6.07, 6.45) is 4.15. The summed E-state index contributed by atoms with van der Waals surface area (Å²) in [6, 6.07) is -1.51. The van der Waals surface area contributed by atoms with Crippen molar-refractivity contribution < 1.29 is 19.5 Å². The van der Waals surface area contributed by atoms with Crippen molar-refractivity contribution in [3.8, 4) is 0 Å². The Labute approximate surface area is 105 Å². The van der Waals surface area contributed by atoms with Gasteiger partial charge in [-0.2, -0.15) is 0 Å². The molecule has 2 atom stereocenters. The molecule has 0 saturated carbocycles. The maximum absolute atomic E-state index is 11.7. The van der Waals surface area contributed by atoms with E-state index in [0.29, 0.717) is 32.1 Å². The van der Waals surface area contributed by atoms with Gasteiger partial charge in [0.2, 0.25) is 11.8 Å². The second kappa shape index (κ2) is 6.78. The number of carbonyl (C=O) groups excluding carboxylic acids is 2. The third-order valence-electron chi connectivity index (χ3n) is 2.83. The molecule has 0 bridgehead atoms. The van der Waals surface area contributed by atoms with E-state index in [1.807, 2.05) is 0 Å². The molecule has 100 valence electrons. The van der Waals surface area contributed by atoms with Crippen LogP contribution >= 0.6 is 0 Å². The van der Waals surface area contributed by atoms with Crippen molar-refractivity contribution in [3.05, 3.63) is 12.7 Å². The van der Waals surface area contributed by atoms with Crippen LogP contribution in [-0.4, -0.2) is 35.0 Å². The first kappa shape index (κ1) is 14.2. The second-order valence-electron chi connectivity index (χ2n) is 4.28. The van der Waals surface area contributed by atoms with Gasteiger partial charge in [0.1, 0.15) is 12.1 Å². The van der Waals surface area contributed by atoms with Crippen molar-refractivity contribution in [2.45, 2.75) is 44.2 Å². The average Bonchev–Trinajstić information content (AvgIpc) is 2.74. The first-order valence-electron chi connectivity index (χ1n) is 5.98. The number of amides is 2. The van der Waals surface area contributed by atoms with E-state index in [0.717, 1.165) is 0 Å². The number of carboxylic acid groups (broad SMARTS) is 1. The highest BCUT2D eigenvalue weighted by atomic mass is 16.4. The van der Waals surface area contributed by atoms with Gasteiger partial charge in [0.15, 0.2) is 0 Å². The summed E-state index contributed by atoms with van der Waals surface area (Å²) in [5.74, 6) is -1.66. The van der Waals surface area contributed by atoms with Crippen LogP contribution in [-0.2, 0) is 14.4 Å². The fraction of sp³-hybridized carbons (Fsp3) is 0.583. The number of hydrogen-bond acceptors (Lipinski definition) is 3. The van der Waals surface area contributed by atoms with Gasteiger partial charge in [-0.15, -0.1) is 6.58 Å². The molecule has 18 heavy (non-hydrogen) atoms. The molecule has 6 nitrogen and oxygen atoms in total. The lowest BCUT2D eigenvalue weighted by Gasteiger charge is -2.17. The summed E-state index contributed by atoms with van der Waals surface area (Å²) >= 11 is 0. The monoisotopic (exact) mass is 254 g/mol. The fourth-order valence-corrected chi connectivity index (χ4v) is 1.81. The number of nitrogens with one attached hydrogen (secondary N) is 2. The smallest absolute Gasteiger partial charge is 0.326 e. The standard InChI is InChI=1S/C12H18N2O4/c1-2-3-4-5-9(12(17)18)14-11(16)8-6-7-10(15)13-8/h2,8-9H,1,3-7H2,(H,13,15)(H,14,16)(H,17,18)/t8-,9+/m1/s1. The minimum Gasteiger partial charge on any atom is -0.480 e. The molecule has 0 aromatic heterocycles. The van der Waals surface area contributed by atoms with E-state index in [-0.39, 0.29) is 5.91 Å². The van der Waals surface area contributed by atoms with Gasteiger partial charge in [-0.25, -0.2) is 4.79 Å². The highest BCUT2D eigenvalue weighted by molar-refractivity contribution is 5.92. The Kier molecular flexibility index (Phi) is 5.35. The van der Waals surface area contributed by atoms with Crippen LogP contribution in [0.2, 0.25) is 0 Å². The second-order valence-corrected chi connectivity index (χ2v) is 4.28. The Morgan fingerprint density at radius 2 is 2.33 bits per heavy atom. The predicted octanol–water partition coefficient (Wildman–Crippen LogP) is 0.191. The number of hydrogen-bond donors (Lipinski definition) is 3. The maximum atomic E-state index is 11.7. The minimum atomic E-state index is -1.06. The molecule has 1 heterocycles. The third kappa shape index (κ3) is 4.20. The van der Waals surface area contributed by atoms with Crippen molar-refractivity contribution in [2.75, 3.05) is 0 Å². The topological polar surface area (TPSA) is 95.5 Å².